The number of rotatable bonds is 1. The maximum atomic E-state index is 4.49. The van der Waals surface area contributed by atoms with E-state index in [1.165, 1.54) is 24.1 Å². The van der Waals surface area contributed by atoms with Gasteiger partial charge in [-0.2, -0.15) is 0 Å². The molecule has 1 aromatic rings. The Balaban J connectivity index is 2.27. The van der Waals surface area contributed by atoms with Crippen LogP contribution in [0.15, 0.2) is 18.3 Å². The fourth-order valence-electron chi connectivity index (χ4n) is 2.66. The lowest BCUT2D eigenvalue weighted by atomic mass is 9.73. The second-order valence-electron chi connectivity index (χ2n) is 4.90. The van der Waals surface area contributed by atoms with Gasteiger partial charge in [-0.25, -0.2) is 0 Å². The van der Waals surface area contributed by atoms with Crippen molar-refractivity contribution >= 4 is 0 Å². The van der Waals surface area contributed by atoms with Crippen LogP contribution in [0.2, 0.25) is 0 Å². The predicted octanol–water partition coefficient (Wildman–Crippen LogP) is 3.09. The molecule has 2 rings (SSSR count). The molecule has 0 bridgehead atoms. The summed E-state index contributed by atoms with van der Waals surface area (Å²) in [5.41, 5.74) is 2.81. The summed E-state index contributed by atoms with van der Waals surface area (Å²) in [5, 5.41) is 0. The van der Waals surface area contributed by atoms with Crippen LogP contribution in [0.3, 0.4) is 0 Å². The molecule has 0 saturated carbocycles. The molecule has 1 nitrogen and oxygen atoms in total. The molecule has 1 aromatic heterocycles. The van der Waals surface area contributed by atoms with Gasteiger partial charge in [-0.1, -0.05) is 26.8 Å². The van der Waals surface area contributed by atoms with Crippen LogP contribution in [0.5, 0.6) is 0 Å². The van der Waals surface area contributed by atoms with Crippen molar-refractivity contribution in [2.24, 2.45) is 17.8 Å². The van der Waals surface area contributed by atoms with Gasteiger partial charge in [0.2, 0.25) is 0 Å². The van der Waals surface area contributed by atoms with Crippen molar-refractivity contribution in [3.8, 4) is 0 Å². The first-order valence-corrected chi connectivity index (χ1v) is 5.61. The molecule has 0 saturated heterocycles. The first-order valence-electron chi connectivity index (χ1n) is 5.61. The molecule has 1 heteroatoms. The minimum atomic E-state index is 0.778. The van der Waals surface area contributed by atoms with Crippen molar-refractivity contribution in [3.05, 3.63) is 29.6 Å². The van der Waals surface area contributed by atoms with E-state index < -0.39 is 0 Å². The lowest BCUT2D eigenvalue weighted by Gasteiger charge is -2.32. The van der Waals surface area contributed by atoms with Crippen molar-refractivity contribution in [1.82, 2.24) is 4.98 Å². The van der Waals surface area contributed by atoms with Crippen LogP contribution in [0.4, 0.5) is 0 Å². The summed E-state index contributed by atoms with van der Waals surface area (Å²) in [6.07, 6.45) is 4.31. The van der Waals surface area contributed by atoms with Crippen molar-refractivity contribution < 1.29 is 0 Å². The predicted molar refractivity (Wildman–Crippen MR) is 59.1 cm³/mol. The molecule has 1 heterocycles. The maximum absolute atomic E-state index is 4.49. The first-order chi connectivity index (χ1) is 6.68. The van der Waals surface area contributed by atoms with Gasteiger partial charge in [-0.15, -0.1) is 0 Å². The van der Waals surface area contributed by atoms with Crippen molar-refractivity contribution in [1.29, 1.82) is 0 Å². The SMILES string of the molecule is CC(C)C1Cc2ncccc2CC1C. The zero-order valence-corrected chi connectivity index (χ0v) is 9.33. The highest BCUT2D eigenvalue weighted by Gasteiger charge is 2.27. The van der Waals surface area contributed by atoms with Gasteiger partial charge in [0, 0.05) is 11.9 Å². The highest BCUT2D eigenvalue weighted by atomic mass is 14.7. The van der Waals surface area contributed by atoms with E-state index in [4.69, 9.17) is 0 Å². The Hall–Kier alpha value is -0.850. The zero-order chi connectivity index (χ0) is 10.1. The van der Waals surface area contributed by atoms with E-state index in [1.54, 1.807) is 0 Å². The number of aromatic nitrogens is 1. The van der Waals surface area contributed by atoms with Gasteiger partial charge in [0.1, 0.15) is 0 Å². The lowest BCUT2D eigenvalue weighted by molar-refractivity contribution is 0.249. The lowest BCUT2D eigenvalue weighted by Crippen LogP contribution is -2.27. The van der Waals surface area contributed by atoms with Crippen LogP contribution in [0.25, 0.3) is 0 Å². The van der Waals surface area contributed by atoms with E-state index >= 15 is 0 Å². The third kappa shape index (κ3) is 1.68. The average Bonchev–Trinajstić information content (AvgIpc) is 2.16. The summed E-state index contributed by atoms with van der Waals surface area (Å²) >= 11 is 0. The fraction of sp³-hybridized carbons (Fsp3) is 0.615. The molecule has 0 radical (unpaired) electrons. The van der Waals surface area contributed by atoms with Crippen LogP contribution in [0, 0.1) is 17.8 Å². The Labute approximate surface area is 86.6 Å². The zero-order valence-electron chi connectivity index (χ0n) is 9.33. The summed E-state index contributed by atoms with van der Waals surface area (Å²) in [6.45, 7) is 7.03. The van der Waals surface area contributed by atoms with E-state index in [0.29, 0.717) is 0 Å². The Bertz CT molecular complexity index is 317. The third-order valence-electron chi connectivity index (χ3n) is 3.54. The molecular weight excluding hydrogens is 170 g/mol. The molecule has 2 atom stereocenters. The van der Waals surface area contributed by atoms with Gasteiger partial charge in [0.15, 0.2) is 0 Å². The molecule has 0 spiro atoms. The van der Waals surface area contributed by atoms with Crippen molar-refractivity contribution in [2.75, 3.05) is 0 Å². The van der Waals surface area contributed by atoms with E-state index in [-0.39, 0.29) is 0 Å². The Morgan fingerprint density at radius 1 is 1.36 bits per heavy atom. The minimum Gasteiger partial charge on any atom is -0.261 e. The van der Waals surface area contributed by atoms with E-state index in [9.17, 15) is 0 Å². The topological polar surface area (TPSA) is 12.9 Å². The number of pyridine rings is 1. The number of nitrogens with zero attached hydrogens (tertiary/aromatic N) is 1. The molecular formula is C13H19N. The molecule has 1 aliphatic carbocycles. The van der Waals surface area contributed by atoms with Gasteiger partial charge >= 0.3 is 0 Å². The fourth-order valence-corrected chi connectivity index (χ4v) is 2.66. The maximum Gasteiger partial charge on any atom is 0.0438 e. The number of hydrogen-bond acceptors (Lipinski definition) is 1. The van der Waals surface area contributed by atoms with Crippen LogP contribution < -0.4 is 0 Å². The first kappa shape index (κ1) is 9.70. The van der Waals surface area contributed by atoms with Crippen molar-refractivity contribution in [2.45, 2.75) is 33.6 Å². The highest BCUT2D eigenvalue weighted by Crippen LogP contribution is 2.33. The average molecular weight is 189 g/mol. The van der Waals surface area contributed by atoms with E-state index in [1.807, 2.05) is 6.20 Å². The van der Waals surface area contributed by atoms with Gasteiger partial charge in [0.25, 0.3) is 0 Å². The smallest absolute Gasteiger partial charge is 0.0438 e. The molecule has 0 fully saturated rings. The third-order valence-corrected chi connectivity index (χ3v) is 3.54. The molecule has 2 unspecified atom stereocenters. The second kappa shape index (κ2) is 3.72. The van der Waals surface area contributed by atoms with E-state index in [2.05, 4.69) is 37.9 Å². The molecule has 0 amide bonds. The normalized spacial score (nSPS) is 26.3. The van der Waals surface area contributed by atoms with Crippen LogP contribution >= 0.6 is 0 Å². The molecule has 76 valence electrons. The monoisotopic (exact) mass is 189 g/mol. The Kier molecular flexibility index (Phi) is 2.58. The van der Waals surface area contributed by atoms with Gasteiger partial charge < -0.3 is 0 Å². The largest absolute Gasteiger partial charge is 0.261 e. The molecule has 0 N–H and O–H groups in total. The molecule has 14 heavy (non-hydrogen) atoms. The van der Waals surface area contributed by atoms with Gasteiger partial charge in [-0.05, 0) is 42.2 Å². The Morgan fingerprint density at radius 3 is 2.86 bits per heavy atom. The Morgan fingerprint density at radius 2 is 2.14 bits per heavy atom. The summed E-state index contributed by atoms with van der Waals surface area (Å²) in [7, 11) is 0. The molecule has 0 aliphatic heterocycles. The number of fused-ring (bicyclic) bond motifs is 1. The molecule has 0 aromatic carbocycles. The summed E-state index contributed by atoms with van der Waals surface area (Å²) < 4.78 is 0. The van der Waals surface area contributed by atoms with Crippen molar-refractivity contribution in [3.63, 3.8) is 0 Å². The van der Waals surface area contributed by atoms with E-state index in [0.717, 1.165) is 17.8 Å². The van der Waals surface area contributed by atoms with Crippen LogP contribution in [-0.2, 0) is 12.8 Å². The summed E-state index contributed by atoms with van der Waals surface area (Å²) in [6, 6.07) is 4.29. The summed E-state index contributed by atoms with van der Waals surface area (Å²) in [5.74, 6) is 2.41. The number of hydrogen-bond donors (Lipinski definition) is 0. The summed E-state index contributed by atoms with van der Waals surface area (Å²) in [4.78, 5) is 4.49. The van der Waals surface area contributed by atoms with Crippen LogP contribution in [-0.4, -0.2) is 4.98 Å². The minimum absolute atomic E-state index is 0.778. The standard InChI is InChI=1S/C13H19N/c1-9(2)12-8-13-11(7-10(12)3)5-4-6-14-13/h4-6,9-10,12H,7-8H2,1-3H3. The highest BCUT2D eigenvalue weighted by molar-refractivity contribution is 5.23. The van der Waals surface area contributed by atoms with Crippen LogP contribution in [0.1, 0.15) is 32.0 Å². The van der Waals surface area contributed by atoms with Gasteiger partial charge in [-0.3, -0.25) is 4.98 Å². The second-order valence-corrected chi connectivity index (χ2v) is 4.90. The quantitative estimate of drug-likeness (QED) is 0.661. The van der Waals surface area contributed by atoms with Gasteiger partial charge in [0.05, 0.1) is 0 Å². The molecule has 1 aliphatic rings.